The molecule has 8 heterocycles. The van der Waals surface area contributed by atoms with Crippen molar-refractivity contribution in [1.29, 1.82) is 0 Å². The Hall–Kier alpha value is -15.2. The molecule has 0 saturated heterocycles. The van der Waals surface area contributed by atoms with Gasteiger partial charge in [-0.25, -0.2) is 29.9 Å². The van der Waals surface area contributed by atoms with Gasteiger partial charge in [-0.2, -0.15) is 0 Å². The molecule has 0 aliphatic carbocycles. The average Bonchev–Trinajstić information content (AvgIpc) is 1.61. The van der Waals surface area contributed by atoms with Gasteiger partial charge in [0.15, 0.2) is 34.9 Å². The molecule has 0 bridgehead atoms. The predicted octanol–water partition coefficient (Wildman–Crippen LogP) is 27.3. The maximum atomic E-state index is 6.89. The molecule has 0 fully saturated rings. The molecule has 0 saturated carbocycles. The van der Waals surface area contributed by atoms with Crippen LogP contribution in [0.15, 0.2) is 377 Å². The first kappa shape index (κ1) is 64.7. The van der Waals surface area contributed by atoms with Gasteiger partial charge in [-0.3, -0.25) is 0 Å². The van der Waals surface area contributed by atoms with Crippen LogP contribution in [0.5, 0.6) is 0 Å². The van der Waals surface area contributed by atoms with Crippen LogP contribution >= 0.6 is 11.3 Å². The van der Waals surface area contributed by atoms with Crippen molar-refractivity contribution >= 4 is 141 Å². The smallest absolute Gasteiger partial charge is 0.167 e. The molecular weight excluding hydrogens is 1420 g/mol. The Morgan fingerprint density at radius 3 is 1.13 bits per heavy atom. The van der Waals surface area contributed by atoms with E-state index in [1.54, 1.807) is 11.3 Å². The van der Waals surface area contributed by atoms with Gasteiger partial charge >= 0.3 is 0 Å². The minimum absolute atomic E-state index is 0.526. The molecule has 24 aromatic rings. The Bertz CT molecular complexity index is 8000. The minimum atomic E-state index is 0.526. The number of aromatic nitrogens is 8. The first-order valence-electron chi connectivity index (χ1n) is 38.0. The van der Waals surface area contributed by atoms with Crippen LogP contribution in [0.3, 0.4) is 0 Å². The highest BCUT2D eigenvalue weighted by molar-refractivity contribution is 7.26. The Labute approximate surface area is 654 Å². The Kier molecular flexibility index (Phi) is 14.9. The van der Waals surface area contributed by atoms with E-state index in [-0.39, 0.29) is 0 Å². The van der Waals surface area contributed by atoms with Gasteiger partial charge < -0.3 is 22.4 Å². The number of rotatable bonds is 10. The van der Waals surface area contributed by atoms with Crippen LogP contribution < -0.4 is 0 Å². The Balaban J connectivity index is 0.000000135. The molecule has 0 spiro atoms. The number of furan rings is 3. The second kappa shape index (κ2) is 26.2. The van der Waals surface area contributed by atoms with E-state index in [1.807, 2.05) is 42.5 Å². The van der Waals surface area contributed by atoms with Gasteiger partial charge in [0.2, 0.25) is 0 Å². The standard InChI is InChI=1S/C51H30N4O2.C51H30N4OS/c1-3-13-31(14-4-1)32-15-11-16-33(27-32)49-52-50(34-25-26-38-37-20-8-10-24-45(37)56-46(38)28-34)54-51(53-49)40-22-12-21-39-42-29-44-41(30-47(42)57-48(39)40)36-19-7-9-23-43(36)55(44)35-17-5-2-6-18-35;1-3-14-31(15-4-1)32-16-11-17-33(28-32)49-52-50(38-23-13-27-46-47(38)37-21-8-10-26-45(37)57-46)54-51(53-49)39-24-12-22-36-41-29-43-40(30-44(41)56-48(36)39)35-20-7-9-25-42(35)55(43)34-18-5-2-6-19-34/h2*1-30H. The van der Waals surface area contributed by atoms with E-state index in [1.165, 1.54) is 25.6 Å². The van der Waals surface area contributed by atoms with E-state index < -0.39 is 0 Å². The fourth-order valence-electron chi connectivity index (χ4n) is 16.8. The summed E-state index contributed by atoms with van der Waals surface area (Å²) in [5, 5.41) is 13.2. The molecule has 11 nitrogen and oxygen atoms in total. The zero-order valence-corrected chi connectivity index (χ0v) is 61.7. The summed E-state index contributed by atoms with van der Waals surface area (Å²) in [5.74, 6) is 3.43. The summed E-state index contributed by atoms with van der Waals surface area (Å²) in [7, 11) is 0. The number of thiophene rings is 1. The van der Waals surface area contributed by atoms with E-state index >= 15 is 0 Å². The number of hydrogen-bond donors (Lipinski definition) is 0. The lowest BCUT2D eigenvalue weighted by atomic mass is 10.0. The van der Waals surface area contributed by atoms with Gasteiger partial charge in [-0.05, 0) is 138 Å². The summed E-state index contributed by atoms with van der Waals surface area (Å²) in [4.78, 5) is 31.2. The molecule has 0 N–H and O–H groups in total. The normalized spacial score (nSPS) is 11.9. The minimum Gasteiger partial charge on any atom is -0.456 e. The van der Waals surface area contributed by atoms with Crippen LogP contribution in [0.4, 0.5) is 0 Å². The highest BCUT2D eigenvalue weighted by Crippen LogP contribution is 2.46. The van der Waals surface area contributed by atoms with E-state index in [0.29, 0.717) is 34.9 Å². The summed E-state index contributed by atoms with van der Waals surface area (Å²) < 4.78 is 27.1. The maximum Gasteiger partial charge on any atom is 0.167 e. The van der Waals surface area contributed by atoms with Gasteiger partial charge in [-0.1, -0.05) is 249 Å². The van der Waals surface area contributed by atoms with Crippen molar-refractivity contribution in [3.63, 3.8) is 0 Å². The van der Waals surface area contributed by atoms with E-state index in [9.17, 15) is 0 Å². The van der Waals surface area contributed by atoms with Gasteiger partial charge in [0.1, 0.15) is 33.5 Å². The van der Waals surface area contributed by atoms with Crippen molar-refractivity contribution in [2.24, 2.45) is 0 Å². The molecule has 0 atom stereocenters. The molecule has 24 rings (SSSR count). The third-order valence-electron chi connectivity index (χ3n) is 22.1. The molecule has 0 aliphatic rings. The number of hydrogen-bond acceptors (Lipinski definition) is 10. The van der Waals surface area contributed by atoms with Crippen molar-refractivity contribution in [1.82, 2.24) is 39.0 Å². The van der Waals surface area contributed by atoms with Gasteiger partial charge in [0.25, 0.3) is 0 Å². The van der Waals surface area contributed by atoms with Crippen LogP contribution in [0, 0.1) is 0 Å². The second-order valence-corrected chi connectivity index (χ2v) is 29.9. The Morgan fingerprint density at radius 1 is 0.202 bits per heavy atom. The highest BCUT2D eigenvalue weighted by atomic mass is 32.1. The zero-order valence-electron chi connectivity index (χ0n) is 60.9. The van der Waals surface area contributed by atoms with E-state index in [0.717, 1.165) is 171 Å². The summed E-state index contributed by atoms with van der Waals surface area (Å²) >= 11 is 1.79. The highest BCUT2D eigenvalue weighted by Gasteiger charge is 2.26. The van der Waals surface area contributed by atoms with Gasteiger partial charge in [0.05, 0.1) is 33.2 Å². The summed E-state index contributed by atoms with van der Waals surface area (Å²) in [6, 6.07) is 126. The topological polar surface area (TPSA) is 127 Å². The fraction of sp³-hybridized carbons (Fsp3) is 0. The van der Waals surface area contributed by atoms with Gasteiger partial charge in [-0.15, -0.1) is 11.3 Å². The largest absolute Gasteiger partial charge is 0.456 e. The summed E-state index contributed by atoms with van der Waals surface area (Å²) in [5.41, 5.74) is 21.2. The van der Waals surface area contributed by atoms with E-state index in [2.05, 4.69) is 331 Å². The molecule has 0 unspecified atom stereocenters. The molecule has 0 aliphatic heterocycles. The predicted molar refractivity (Wildman–Crippen MR) is 467 cm³/mol. The van der Waals surface area contributed by atoms with E-state index in [4.69, 9.17) is 43.2 Å². The molecular formula is C102H60N8O3S. The lowest BCUT2D eigenvalue weighted by Crippen LogP contribution is -2.00. The van der Waals surface area contributed by atoms with Crippen molar-refractivity contribution in [3.05, 3.63) is 364 Å². The lowest BCUT2D eigenvalue weighted by Gasteiger charge is -2.11. The molecule has 532 valence electrons. The van der Waals surface area contributed by atoms with Crippen molar-refractivity contribution in [2.75, 3.05) is 0 Å². The SMILES string of the molecule is c1ccc(-c2cccc(-c3nc(-c4ccc5c(c4)oc4ccccc45)nc(-c4cccc5c4oc4cc6c7ccccc7n(-c7ccccc7)c6cc45)n3)c2)cc1.c1ccc(-c2cccc(-c3nc(-c4cccc5c4oc4cc6c7ccccc7n(-c7ccccc7)c6cc45)nc(-c4cccc5sc6ccccc6c45)n3)c2)cc1. The average molecular weight is 1480 g/mol. The first-order chi connectivity index (χ1) is 56.5. The molecule has 114 heavy (non-hydrogen) atoms. The maximum absolute atomic E-state index is 6.89. The fourth-order valence-corrected chi connectivity index (χ4v) is 18.0. The number of nitrogens with zero attached hydrogens (tertiary/aromatic N) is 8. The molecule has 8 aromatic heterocycles. The molecule has 16 aromatic carbocycles. The zero-order chi connectivity index (χ0) is 74.9. The van der Waals surface area contributed by atoms with Gasteiger partial charge in [0, 0.05) is 108 Å². The van der Waals surface area contributed by atoms with Crippen LogP contribution in [-0.2, 0) is 0 Å². The van der Waals surface area contributed by atoms with Crippen LogP contribution in [0.2, 0.25) is 0 Å². The van der Waals surface area contributed by atoms with Crippen LogP contribution in [0.25, 0.3) is 232 Å². The molecule has 0 radical (unpaired) electrons. The Morgan fingerprint density at radius 2 is 0.579 bits per heavy atom. The summed E-state index contributed by atoms with van der Waals surface area (Å²) in [6.07, 6.45) is 0. The lowest BCUT2D eigenvalue weighted by molar-refractivity contribution is 0.668. The first-order valence-corrected chi connectivity index (χ1v) is 38.8. The monoisotopic (exact) mass is 1480 g/mol. The number of para-hydroxylation sites is 7. The van der Waals surface area contributed by atoms with Crippen molar-refractivity contribution in [2.45, 2.75) is 0 Å². The van der Waals surface area contributed by atoms with Crippen molar-refractivity contribution < 1.29 is 13.3 Å². The number of benzene rings is 16. The third kappa shape index (κ3) is 10.7. The molecule has 0 amide bonds. The van der Waals surface area contributed by atoms with Crippen LogP contribution in [0.1, 0.15) is 0 Å². The second-order valence-electron chi connectivity index (χ2n) is 28.8. The quantitative estimate of drug-likeness (QED) is 0.131. The van der Waals surface area contributed by atoms with Crippen LogP contribution in [-0.4, -0.2) is 39.0 Å². The summed E-state index contributed by atoms with van der Waals surface area (Å²) in [6.45, 7) is 0. The number of fused-ring (bicyclic) bond motifs is 18. The molecule has 12 heteroatoms. The van der Waals surface area contributed by atoms with Crippen molar-refractivity contribution in [3.8, 4) is 102 Å². The third-order valence-corrected chi connectivity index (χ3v) is 23.2.